The molecule has 3 rings (SSSR count). The second-order valence-corrected chi connectivity index (χ2v) is 8.25. The lowest BCUT2D eigenvalue weighted by Crippen LogP contribution is -2.44. The zero-order valence-corrected chi connectivity index (χ0v) is 18.5. The third kappa shape index (κ3) is 7.35. The average Bonchev–Trinajstić information content (AvgIpc) is 2.79. The van der Waals surface area contributed by atoms with E-state index in [1.807, 2.05) is 42.5 Å². The molecule has 2 aromatic carbocycles. The highest BCUT2D eigenvalue weighted by molar-refractivity contribution is 5.78. The van der Waals surface area contributed by atoms with Gasteiger partial charge in [0.15, 0.2) is 0 Å². The summed E-state index contributed by atoms with van der Waals surface area (Å²) in [4.78, 5) is 15.0. The van der Waals surface area contributed by atoms with Crippen LogP contribution in [0.15, 0.2) is 48.5 Å². The topological polar surface area (TPSA) is 71.0 Å². The molecule has 31 heavy (non-hydrogen) atoms. The van der Waals surface area contributed by atoms with Crippen LogP contribution in [0.3, 0.4) is 0 Å². The summed E-state index contributed by atoms with van der Waals surface area (Å²) >= 11 is 0. The number of hydrogen-bond donors (Lipinski definition) is 2. The molecule has 0 bridgehead atoms. The van der Waals surface area contributed by atoms with Crippen LogP contribution < -0.4 is 10.1 Å². The molecule has 1 saturated carbocycles. The van der Waals surface area contributed by atoms with Crippen molar-refractivity contribution >= 4 is 5.91 Å². The summed E-state index contributed by atoms with van der Waals surface area (Å²) in [5.41, 5.74) is 3.29. The first kappa shape index (κ1) is 23.3. The Hall–Kier alpha value is -2.41. The Morgan fingerprint density at radius 1 is 1.03 bits per heavy atom. The number of methoxy groups -OCH3 is 2. The van der Waals surface area contributed by atoms with Gasteiger partial charge in [-0.1, -0.05) is 36.4 Å². The molecule has 1 aliphatic rings. The molecule has 0 spiro atoms. The molecule has 1 fully saturated rings. The number of benzene rings is 2. The van der Waals surface area contributed by atoms with Crippen LogP contribution in [0.4, 0.5) is 0 Å². The predicted molar refractivity (Wildman–Crippen MR) is 121 cm³/mol. The van der Waals surface area contributed by atoms with Gasteiger partial charge in [0.05, 0.1) is 26.4 Å². The van der Waals surface area contributed by atoms with Crippen molar-refractivity contribution in [2.45, 2.75) is 57.5 Å². The standard InChI is InChI=1S/C25H34N2O4/c1-30-18-20-8-6-19(7-9-20)15-26-25(29)17-27(22-10-12-23(28)13-11-22)16-21-4-3-5-24(14-21)31-2/h3-9,14,22-23,28H,10-13,15-18H2,1-2H3,(H,26,29). The van der Waals surface area contributed by atoms with E-state index in [4.69, 9.17) is 9.47 Å². The minimum absolute atomic E-state index is 0.00925. The molecule has 6 nitrogen and oxygen atoms in total. The van der Waals surface area contributed by atoms with E-state index >= 15 is 0 Å². The van der Waals surface area contributed by atoms with Crippen molar-refractivity contribution in [2.75, 3.05) is 20.8 Å². The number of rotatable bonds is 10. The fourth-order valence-corrected chi connectivity index (χ4v) is 4.10. The van der Waals surface area contributed by atoms with Gasteiger partial charge in [0.1, 0.15) is 5.75 Å². The Morgan fingerprint density at radius 2 is 1.74 bits per heavy atom. The lowest BCUT2D eigenvalue weighted by molar-refractivity contribution is -0.123. The maximum Gasteiger partial charge on any atom is 0.234 e. The number of nitrogens with one attached hydrogen (secondary N) is 1. The van der Waals surface area contributed by atoms with Crippen molar-refractivity contribution < 1.29 is 19.4 Å². The minimum atomic E-state index is -0.218. The smallest absolute Gasteiger partial charge is 0.234 e. The molecule has 1 aliphatic carbocycles. The zero-order valence-electron chi connectivity index (χ0n) is 18.5. The van der Waals surface area contributed by atoms with Gasteiger partial charge in [0.25, 0.3) is 0 Å². The Balaban J connectivity index is 1.60. The Bertz CT molecular complexity index is 817. The highest BCUT2D eigenvalue weighted by Gasteiger charge is 2.26. The monoisotopic (exact) mass is 426 g/mol. The van der Waals surface area contributed by atoms with E-state index in [2.05, 4.69) is 16.3 Å². The van der Waals surface area contributed by atoms with E-state index in [9.17, 15) is 9.90 Å². The number of aliphatic hydroxyl groups is 1. The third-order valence-corrected chi connectivity index (χ3v) is 5.87. The highest BCUT2D eigenvalue weighted by Crippen LogP contribution is 2.25. The van der Waals surface area contributed by atoms with Gasteiger partial charge in [0.2, 0.25) is 5.91 Å². The molecule has 0 saturated heterocycles. The van der Waals surface area contributed by atoms with Crippen LogP contribution in [0.1, 0.15) is 42.4 Å². The lowest BCUT2D eigenvalue weighted by atomic mass is 9.91. The summed E-state index contributed by atoms with van der Waals surface area (Å²) in [6.45, 7) is 2.10. The van der Waals surface area contributed by atoms with E-state index in [-0.39, 0.29) is 18.1 Å². The van der Waals surface area contributed by atoms with Crippen LogP contribution in [-0.4, -0.2) is 48.8 Å². The maximum atomic E-state index is 12.8. The first-order valence-corrected chi connectivity index (χ1v) is 11.0. The molecular formula is C25H34N2O4. The van der Waals surface area contributed by atoms with Crippen LogP contribution in [0.2, 0.25) is 0 Å². The second-order valence-electron chi connectivity index (χ2n) is 8.25. The van der Waals surface area contributed by atoms with Crippen LogP contribution in [0.5, 0.6) is 5.75 Å². The molecule has 168 valence electrons. The molecule has 0 unspecified atom stereocenters. The summed E-state index contributed by atoms with van der Waals surface area (Å²) < 4.78 is 10.5. The Labute approximate surface area is 185 Å². The molecular weight excluding hydrogens is 392 g/mol. The number of ether oxygens (including phenoxy) is 2. The van der Waals surface area contributed by atoms with E-state index < -0.39 is 0 Å². The Morgan fingerprint density at radius 3 is 2.42 bits per heavy atom. The highest BCUT2D eigenvalue weighted by atomic mass is 16.5. The number of hydrogen-bond acceptors (Lipinski definition) is 5. The molecule has 1 amide bonds. The van der Waals surface area contributed by atoms with Gasteiger partial charge in [-0.25, -0.2) is 0 Å². The summed E-state index contributed by atoms with van der Waals surface area (Å²) in [6, 6.07) is 16.3. The van der Waals surface area contributed by atoms with Crippen LogP contribution >= 0.6 is 0 Å². The average molecular weight is 427 g/mol. The van der Waals surface area contributed by atoms with Crippen molar-refractivity contribution in [3.05, 3.63) is 65.2 Å². The fraction of sp³-hybridized carbons (Fsp3) is 0.480. The first-order valence-electron chi connectivity index (χ1n) is 11.0. The van der Waals surface area contributed by atoms with Gasteiger partial charge in [-0.2, -0.15) is 0 Å². The third-order valence-electron chi connectivity index (χ3n) is 5.87. The van der Waals surface area contributed by atoms with Crippen LogP contribution in [0.25, 0.3) is 0 Å². The molecule has 2 aromatic rings. The summed E-state index contributed by atoms with van der Waals surface area (Å²) in [5, 5.41) is 12.9. The lowest BCUT2D eigenvalue weighted by Gasteiger charge is -2.35. The number of carbonyl (C=O) groups is 1. The SMILES string of the molecule is COCc1ccc(CNC(=O)CN(Cc2cccc(OC)c2)C2CCC(O)CC2)cc1. The Kier molecular flexibility index (Phi) is 8.88. The van der Waals surface area contributed by atoms with Crippen LogP contribution in [0, 0.1) is 0 Å². The van der Waals surface area contributed by atoms with Gasteiger partial charge in [-0.15, -0.1) is 0 Å². The quantitative estimate of drug-likeness (QED) is 0.610. The molecule has 0 aliphatic heterocycles. The summed E-state index contributed by atoms with van der Waals surface area (Å²) in [7, 11) is 3.34. The number of carbonyl (C=O) groups excluding carboxylic acids is 1. The van der Waals surface area contributed by atoms with E-state index in [0.29, 0.717) is 26.2 Å². The molecule has 2 N–H and O–H groups in total. The van der Waals surface area contributed by atoms with Crippen LogP contribution in [-0.2, 0) is 29.2 Å². The molecule has 6 heteroatoms. The molecule has 0 aromatic heterocycles. The second kappa shape index (κ2) is 11.8. The minimum Gasteiger partial charge on any atom is -0.497 e. The summed E-state index contributed by atoms with van der Waals surface area (Å²) in [6.07, 6.45) is 3.16. The number of amides is 1. The number of aliphatic hydroxyl groups excluding tert-OH is 1. The molecule has 0 heterocycles. The van der Waals surface area contributed by atoms with Gasteiger partial charge in [-0.05, 0) is 54.5 Å². The molecule has 0 radical (unpaired) electrons. The van der Waals surface area contributed by atoms with Crippen molar-refractivity contribution in [1.82, 2.24) is 10.2 Å². The predicted octanol–water partition coefficient (Wildman–Crippen LogP) is 3.26. The van der Waals surface area contributed by atoms with Crippen molar-refractivity contribution in [1.29, 1.82) is 0 Å². The van der Waals surface area contributed by atoms with Crippen molar-refractivity contribution in [3.8, 4) is 5.75 Å². The van der Waals surface area contributed by atoms with Gasteiger partial charge >= 0.3 is 0 Å². The van der Waals surface area contributed by atoms with Crippen molar-refractivity contribution in [2.24, 2.45) is 0 Å². The first-order chi connectivity index (χ1) is 15.1. The zero-order chi connectivity index (χ0) is 22.1. The van der Waals surface area contributed by atoms with Gasteiger partial charge in [0, 0.05) is 26.2 Å². The van der Waals surface area contributed by atoms with E-state index in [1.165, 1.54) is 0 Å². The normalized spacial score (nSPS) is 18.7. The van der Waals surface area contributed by atoms with E-state index in [0.717, 1.165) is 48.1 Å². The van der Waals surface area contributed by atoms with E-state index in [1.54, 1.807) is 14.2 Å². The van der Waals surface area contributed by atoms with Crippen molar-refractivity contribution in [3.63, 3.8) is 0 Å². The molecule has 0 atom stereocenters. The van der Waals surface area contributed by atoms with Gasteiger partial charge < -0.3 is 19.9 Å². The fourth-order valence-electron chi connectivity index (χ4n) is 4.10. The number of nitrogens with zero attached hydrogens (tertiary/aromatic N) is 1. The maximum absolute atomic E-state index is 12.8. The van der Waals surface area contributed by atoms with Gasteiger partial charge in [-0.3, -0.25) is 9.69 Å². The summed E-state index contributed by atoms with van der Waals surface area (Å²) in [5.74, 6) is 0.827. The largest absolute Gasteiger partial charge is 0.497 e.